The molecule has 0 spiro atoms. The molecule has 0 saturated heterocycles. The summed E-state index contributed by atoms with van der Waals surface area (Å²) < 4.78 is 19.0. The molecule has 5 heteroatoms. The fraction of sp³-hybridized carbons (Fsp3) is 0.533. The molecule has 108 valence electrons. The normalized spacial score (nSPS) is 26.1. The average Bonchev–Trinajstić information content (AvgIpc) is 2.47. The number of ether oxygens (including phenoxy) is 1. The van der Waals surface area contributed by atoms with Gasteiger partial charge in [-0.3, -0.25) is 0 Å². The Bertz CT molecular complexity index is 513. The number of anilines is 1. The lowest BCUT2D eigenvalue weighted by molar-refractivity contribution is 0.180. The molecule has 0 aromatic carbocycles. The van der Waals surface area contributed by atoms with Crippen LogP contribution in [0.3, 0.4) is 0 Å². The van der Waals surface area contributed by atoms with E-state index in [9.17, 15) is 9.50 Å². The van der Waals surface area contributed by atoms with Crippen LogP contribution in [0.25, 0.3) is 0 Å². The minimum atomic E-state index is -0.365. The van der Waals surface area contributed by atoms with Crippen LogP contribution in [0.15, 0.2) is 24.5 Å². The molecule has 1 aliphatic carbocycles. The topological polar surface area (TPSA) is 45.6 Å². The largest absolute Gasteiger partial charge is 0.470 e. The number of hydrogen-bond acceptors (Lipinski definition) is 4. The molecule has 3 rings (SSSR count). The van der Waals surface area contributed by atoms with Crippen molar-refractivity contribution in [3.63, 3.8) is 0 Å². The van der Waals surface area contributed by atoms with Crippen molar-refractivity contribution in [3.05, 3.63) is 30.4 Å². The first kappa shape index (κ1) is 13.4. The molecular formula is C15H19FN2O2. The summed E-state index contributed by atoms with van der Waals surface area (Å²) in [6.07, 6.45) is 5.10. The summed E-state index contributed by atoms with van der Waals surface area (Å²) in [7, 11) is 0. The average molecular weight is 278 g/mol. The van der Waals surface area contributed by atoms with Crippen molar-refractivity contribution in [2.24, 2.45) is 5.92 Å². The summed E-state index contributed by atoms with van der Waals surface area (Å²) in [5.41, 5.74) is 1.52. The van der Waals surface area contributed by atoms with Gasteiger partial charge in [-0.25, -0.2) is 9.37 Å². The van der Waals surface area contributed by atoms with Gasteiger partial charge in [0.15, 0.2) is 0 Å². The maximum absolute atomic E-state index is 13.5. The molecule has 0 bridgehead atoms. The van der Waals surface area contributed by atoms with Gasteiger partial charge in [-0.15, -0.1) is 0 Å². The Balaban J connectivity index is 1.86. The number of aromatic nitrogens is 1. The van der Waals surface area contributed by atoms with Crippen LogP contribution in [0.1, 0.15) is 25.7 Å². The molecule has 0 atom stereocenters. The first-order valence-corrected chi connectivity index (χ1v) is 7.05. The van der Waals surface area contributed by atoms with E-state index in [1.165, 1.54) is 12.3 Å². The van der Waals surface area contributed by atoms with Gasteiger partial charge >= 0.3 is 0 Å². The number of fused-ring (bicyclic) bond motifs is 1. The van der Waals surface area contributed by atoms with Crippen molar-refractivity contribution in [1.82, 2.24) is 4.98 Å². The summed E-state index contributed by atoms with van der Waals surface area (Å²) in [5.74, 6) is 0.504. The molecule has 1 aromatic rings. The highest BCUT2D eigenvalue weighted by Gasteiger charge is 2.32. The highest BCUT2D eigenvalue weighted by Crippen LogP contribution is 2.39. The number of rotatable bonds is 2. The van der Waals surface area contributed by atoms with Gasteiger partial charge in [0.25, 0.3) is 0 Å². The Morgan fingerprint density at radius 1 is 1.40 bits per heavy atom. The lowest BCUT2D eigenvalue weighted by Gasteiger charge is -2.41. The van der Waals surface area contributed by atoms with Gasteiger partial charge in [0.05, 0.1) is 6.20 Å². The van der Waals surface area contributed by atoms with Crippen molar-refractivity contribution in [3.8, 4) is 5.88 Å². The van der Waals surface area contributed by atoms with E-state index in [4.69, 9.17) is 4.74 Å². The lowest BCUT2D eigenvalue weighted by Crippen LogP contribution is -2.41. The molecule has 20 heavy (non-hydrogen) atoms. The Morgan fingerprint density at radius 2 is 2.15 bits per heavy atom. The maximum atomic E-state index is 13.5. The molecule has 2 aliphatic rings. The van der Waals surface area contributed by atoms with Gasteiger partial charge in [0.1, 0.15) is 18.1 Å². The number of aliphatic hydroxyl groups excluding tert-OH is 1. The van der Waals surface area contributed by atoms with E-state index >= 15 is 0 Å². The Hall–Kier alpha value is -1.62. The van der Waals surface area contributed by atoms with Gasteiger partial charge in [0, 0.05) is 24.4 Å². The highest BCUT2D eigenvalue weighted by molar-refractivity contribution is 5.62. The molecule has 2 heterocycles. The quantitative estimate of drug-likeness (QED) is 0.902. The van der Waals surface area contributed by atoms with Crippen LogP contribution < -0.4 is 9.64 Å². The van der Waals surface area contributed by atoms with Crippen molar-refractivity contribution < 1.29 is 14.2 Å². The van der Waals surface area contributed by atoms with E-state index in [0.29, 0.717) is 24.1 Å². The van der Waals surface area contributed by atoms with E-state index in [1.54, 1.807) is 0 Å². The lowest BCUT2D eigenvalue weighted by atomic mass is 9.85. The van der Waals surface area contributed by atoms with Gasteiger partial charge in [0.2, 0.25) is 5.88 Å². The summed E-state index contributed by atoms with van der Waals surface area (Å²) >= 11 is 0. The van der Waals surface area contributed by atoms with Crippen molar-refractivity contribution in [2.75, 3.05) is 18.1 Å². The van der Waals surface area contributed by atoms with E-state index in [2.05, 4.69) is 16.5 Å². The SMILES string of the molecule is C=C1COc2ncc(F)cc2N1C1CCC(CO)CC1. The molecule has 1 fully saturated rings. The fourth-order valence-electron chi connectivity index (χ4n) is 3.13. The van der Waals surface area contributed by atoms with E-state index in [1.807, 2.05) is 0 Å². The molecule has 1 saturated carbocycles. The molecule has 1 aliphatic heterocycles. The summed E-state index contributed by atoms with van der Waals surface area (Å²) in [6.45, 7) is 4.69. The van der Waals surface area contributed by atoms with Gasteiger partial charge in [-0.2, -0.15) is 0 Å². The number of aliphatic hydroxyl groups is 1. The molecular weight excluding hydrogens is 259 g/mol. The summed E-state index contributed by atoms with van der Waals surface area (Å²) in [5, 5.41) is 9.22. The third kappa shape index (κ3) is 2.38. The second kappa shape index (κ2) is 5.40. The molecule has 0 amide bonds. The van der Waals surface area contributed by atoms with E-state index in [-0.39, 0.29) is 18.5 Å². The Morgan fingerprint density at radius 3 is 2.85 bits per heavy atom. The molecule has 1 N–H and O–H groups in total. The van der Waals surface area contributed by atoms with Crippen molar-refractivity contribution >= 4 is 5.69 Å². The standard InChI is InChI=1S/C15H19FN2O2/c1-10-9-20-15-14(6-12(16)7-17-15)18(10)13-4-2-11(8-19)3-5-13/h6-7,11,13,19H,1-5,8-9H2. The maximum Gasteiger partial charge on any atom is 0.238 e. The van der Waals surface area contributed by atoms with Crippen LogP contribution in [0.4, 0.5) is 10.1 Å². The van der Waals surface area contributed by atoms with E-state index in [0.717, 1.165) is 31.4 Å². The number of halogens is 1. The zero-order chi connectivity index (χ0) is 14.1. The zero-order valence-corrected chi connectivity index (χ0v) is 11.4. The second-order valence-corrected chi connectivity index (χ2v) is 5.56. The van der Waals surface area contributed by atoms with Crippen molar-refractivity contribution in [1.29, 1.82) is 0 Å². The third-order valence-electron chi connectivity index (χ3n) is 4.21. The predicted molar refractivity (Wildman–Crippen MR) is 74.1 cm³/mol. The molecule has 0 radical (unpaired) electrons. The van der Waals surface area contributed by atoms with Gasteiger partial charge in [-0.05, 0) is 31.6 Å². The minimum absolute atomic E-state index is 0.254. The molecule has 1 aromatic heterocycles. The van der Waals surface area contributed by atoms with Crippen LogP contribution in [0, 0.1) is 11.7 Å². The second-order valence-electron chi connectivity index (χ2n) is 5.56. The monoisotopic (exact) mass is 278 g/mol. The number of nitrogens with zero attached hydrogens (tertiary/aromatic N) is 2. The third-order valence-corrected chi connectivity index (χ3v) is 4.21. The molecule has 0 unspecified atom stereocenters. The Labute approximate surface area is 117 Å². The smallest absolute Gasteiger partial charge is 0.238 e. The fourth-order valence-corrected chi connectivity index (χ4v) is 3.13. The molecule has 4 nitrogen and oxygen atoms in total. The van der Waals surface area contributed by atoms with E-state index < -0.39 is 0 Å². The predicted octanol–water partition coefficient (Wildman–Crippen LogP) is 2.48. The summed E-state index contributed by atoms with van der Waals surface area (Å²) in [4.78, 5) is 6.08. The number of pyridine rings is 1. The van der Waals surface area contributed by atoms with Crippen LogP contribution in [-0.2, 0) is 0 Å². The van der Waals surface area contributed by atoms with Gasteiger partial charge < -0.3 is 14.7 Å². The van der Waals surface area contributed by atoms with Crippen LogP contribution in [0.5, 0.6) is 5.88 Å². The summed E-state index contributed by atoms with van der Waals surface area (Å²) in [6, 6.07) is 1.75. The Kier molecular flexibility index (Phi) is 3.61. The first-order valence-electron chi connectivity index (χ1n) is 7.05. The minimum Gasteiger partial charge on any atom is -0.470 e. The highest BCUT2D eigenvalue weighted by atomic mass is 19.1. The van der Waals surface area contributed by atoms with Crippen LogP contribution in [-0.4, -0.2) is 29.3 Å². The van der Waals surface area contributed by atoms with Gasteiger partial charge in [-0.1, -0.05) is 6.58 Å². The first-order chi connectivity index (χ1) is 9.69. The van der Waals surface area contributed by atoms with Crippen molar-refractivity contribution in [2.45, 2.75) is 31.7 Å². The van der Waals surface area contributed by atoms with Crippen LogP contribution in [0.2, 0.25) is 0 Å². The van der Waals surface area contributed by atoms with Crippen LogP contribution >= 0.6 is 0 Å². The zero-order valence-electron chi connectivity index (χ0n) is 11.4. The number of hydrogen-bond donors (Lipinski definition) is 1.